The molecule has 20 heavy (non-hydrogen) atoms. The van der Waals surface area contributed by atoms with Crippen LogP contribution in [0, 0.1) is 12.8 Å². The zero-order chi connectivity index (χ0) is 14.0. The molecule has 1 unspecified atom stereocenters. The Hall–Kier alpha value is -1.20. The predicted octanol–water partition coefficient (Wildman–Crippen LogP) is 1.75. The fourth-order valence-corrected chi connectivity index (χ4v) is 2.47. The molecule has 2 rings (SSSR count). The van der Waals surface area contributed by atoms with Gasteiger partial charge in [-0.25, -0.2) is 9.97 Å². The third-order valence-corrected chi connectivity index (χ3v) is 3.62. The van der Waals surface area contributed by atoms with E-state index in [4.69, 9.17) is 5.73 Å². The normalized spacial score (nSPS) is 18.2. The number of rotatable bonds is 3. The average molecular weight is 299 g/mol. The topological polar surface area (TPSA) is 72.1 Å². The fraction of sp³-hybridized carbons (Fsp3) is 0.643. The van der Waals surface area contributed by atoms with E-state index >= 15 is 0 Å². The Morgan fingerprint density at radius 3 is 2.80 bits per heavy atom. The molecule has 0 aromatic carbocycles. The number of aryl methyl sites for hydroxylation is 1. The highest BCUT2D eigenvalue weighted by molar-refractivity contribution is 5.95. The van der Waals surface area contributed by atoms with Gasteiger partial charge in [0.2, 0.25) is 0 Å². The summed E-state index contributed by atoms with van der Waals surface area (Å²) in [5.41, 5.74) is 7.15. The van der Waals surface area contributed by atoms with E-state index in [0.29, 0.717) is 23.9 Å². The molecule has 1 fully saturated rings. The van der Waals surface area contributed by atoms with Crippen molar-refractivity contribution >= 4 is 18.3 Å². The van der Waals surface area contributed by atoms with Gasteiger partial charge in [-0.05, 0) is 31.7 Å². The van der Waals surface area contributed by atoms with Gasteiger partial charge in [-0.15, -0.1) is 12.4 Å². The van der Waals surface area contributed by atoms with Crippen LogP contribution in [0.15, 0.2) is 6.20 Å². The Kier molecular flexibility index (Phi) is 5.89. The number of carbonyl (C=O) groups is 1. The number of nitrogens with two attached hydrogens (primary N) is 1. The quantitative estimate of drug-likeness (QED) is 0.923. The Bertz CT molecular complexity index is 478. The number of carbonyl (C=O) groups excluding carboxylic acids is 1. The lowest BCUT2D eigenvalue weighted by Gasteiger charge is -2.19. The van der Waals surface area contributed by atoms with E-state index in [1.165, 1.54) is 0 Å². The van der Waals surface area contributed by atoms with E-state index in [0.717, 1.165) is 25.2 Å². The number of halogens is 1. The van der Waals surface area contributed by atoms with E-state index in [9.17, 15) is 4.79 Å². The van der Waals surface area contributed by atoms with Crippen molar-refractivity contribution in [3.63, 3.8) is 0 Å². The van der Waals surface area contributed by atoms with Crippen LogP contribution >= 0.6 is 12.4 Å². The van der Waals surface area contributed by atoms with Crippen LogP contribution in [0.3, 0.4) is 0 Å². The predicted molar refractivity (Wildman–Crippen MR) is 81.2 cm³/mol. The fourth-order valence-electron chi connectivity index (χ4n) is 2.47. The number of likely N-dealkylation sites (tertiary alicyclic amines) is 1. The maximum absolute atomic E-state index is 12.6. The first-order valence-corrected chi connectivity index (χ1v) is 6.85. The van der Waals surface area contributed by atoms with E-state index < -0.39 is 0 Å². The van der Waals surface area contributed by atoms with Gasteiger partial charge in [0.25, 0.3) is 5.91 Å². The zero-order valence-electron chi connectivity index (χ0n) is 12.3. The molecule has 1 amide bonds. The molecule has 0 spiro atoms. The maximum Gasteiger partial charge on any atom is 0.257 e. The first kappa shape index (κ1) is 16.9. The maximum atomic E-state index is 12.6. The van der Waals surface area contributed by atoms with Gasteiger partial charge in [-0.2, -0.15) is 0 Å². The van der Waals surface area contributed by atoms with Crippen LogP contribution in [0.4, 0.5) is 0 Å². The minimum Gasteiger partial charge on any atom is -0.338 e. The lowest BCUT2D eigenvalue weighted by atomic mass is 10.0. The van der Waals surface area contributed by atoms with E-state index in [2.05, 4.69) is 9.97 Å². The van der Waals surface area contributed by atoms with Crippen LogP contribution in [0.1, 0.15) is 48.1 Å². The highest BCUT2D eigenvalue weighted by atomic mass is 35.5. The molecule has 1 atom stereocenters. The van der Waals surface area contributed by atoms with Gasteiger partial charge in [0.05, 0.1) is 11.3 Å². The second kappa shape index (κ2) is 6.99. The van der Waals surface area contributed by atoms with Crippen molar-refractivity contribution in [2.75, 3.05) is 19.6 Å². The average Bonchev–Trinajstić information content (AvgIpc) is 2.86. The van der Waals surface area contributed by atoms with Gasteiger partial charge in [0, 0.05) is 19.3 Å². The standard InChI is InChI=1S/C14H22N4O.ClH/c1-9(2)13-12(7-16-10(3)17-13)14(19)18-5-4-11(6-15)8-18;/h7,9,11H,4-6,8,15H2,1-3H3;1H. The minimum atomic E-state index is 0. The summed E-state index contributed by atoms with van der Waals surface area (Å²) in [6.07, 6.45) is 2.65. The molecule has 1 aliphatic rings. The van der Waals surface area contributed by atoms with Crippen LogP contribution in [-0.4, -0.2) is 40.4 Å². The van der Waals surface area contributed by atoms with Crippen LogP contribution in [0.5, 0.6) is 0 Å². The van der Waals surface area contributed by atoms with Gasteiger partial charge in [0.1, 0.15) is 5.82 Å². The number of hydrogen-bond donors (Lipinski definition) is 1. The first-order chi connectivity index (χ1) is 9.02. The van der Waals surface area contributed by atoms with Gasteiger partial charge in [-0.3, -0.25) is 4.79 Å². The summed E-state index contributed by atoms with van der Waals surface area (Å²) in [5.74, 6) is 1.40. The number of amides is 1. The van der Waals surface area contributed by atoms with Crippen molar-refractivity contribution in [2.45, 2.75) is 33.1 Å². The molecule has 0 bridgehead atoms. The molecule has 1 aromatic rings. The summed E-state index contributed by atoms with van der Waals surface area (Å²) in [4.78, 5) is 23.0. The van der Waals surface area contributed by atoms with Crippen molar-refractivity contribution < 1.29 is 4.79 Å². The molecule has 0 radical (unpaired) electrons. The van der Waals surface area contributed by atoms with Crippen LogP contribution < -0.4 is 5.73 Å². The third kappa shape index (κ3) is 3.46. The second-order valence-electron chi connectivity index (χ2n) is 5.51. The zero-order valence-corrected chi connectivity index (χ0v) is 13.1. The summed E-state index contributed by atoms with van der Waals surface area (Å²) in [6.45, 7) is 8.12. The smallest absolute Gasteiger partial charge is 0.257 e. The molecular weight excluding hydrogens is 276 g/mol. The summed E-state index contributed by atoms with van der Waals surface area (Å²) >= 11 is 0. The van der Waals surface area contributed by atoms with Gasteiger partial charge in [0.15, 0.2) is 0 Å². The number of aromatic nitrogens is 2. The van der Waals surface area contributed by atoms with Crippen molar-refractivity contribution in [2.24, 2.45) is 11.7 Å². The molecule has 1 aliphatic heterocycles. The van der Waals surface area contributed by atoms with E-state index in [1.807, 2.05) is 25.7 Å². The molecular formula is C14H23ClN4O. The molecule has 0 saturated carbocycles. The molecule has 5 nitrogen and oxygen atoms in total. The largest absolute Gasteiger partial charge is 0.338 e. The van der Waals surface area contributed by atoms with Crippen molar-refractivity contribution in [3.8, 4) is 0 Å². The molecule has 2 N–H and O–H groups in total. The SMILES string of the molecule is Cc1ncc(C(=O)N2CCC(CN)C2)c(C(C)C)n1.Cl. The van der Waals surface area contributed by atoms with E-state index in [1.54, 1.807) is 6.20 Å². The molecule has 6 heteroatoms. The molecule has 2 heterocycles. The van der Waals surface area contributed by atoms with Crippen molar-refractivity contribution in [1.29, 1.82) is 0 Å². The summed E-state index contributed by atoms with van der Waals surface area (Å²) in [5, 5.41) is 0. The van der Waals surface area contributed by atoms with Crippen molar-refractivity contribution in [1.82, 2.24) is 14.9 Å². The van der Waals surface area contributed by atoms with Gasteiger partial charge in [-0.1, -0.05) is 13.8 Å². The Morgan fingerprint density at radius 1 is 1.55 bits per heavy atom. The van der Waals surface area contributed by atoms with E-state index in [-0.39, 0.29) is 24.2 Å². The second-order valence-corrected chi connectivity index (χ2v) is 5.51. The number of nitrogens with zero attached hydrogens (tertiary/aromatic N) is 3. The highest BCUT2D eigenvalue weighted by Crippen LogP contribution is 2.22. The molecule has 112 valence electrons. The lowest BCUT2D eigenvalue weighted by Crippen LogP contribution is -2.31. The van der Waals surface area contributed by atoms with Crippen molar-refractivity contribution in [3.05, 3.63) is 23.3 Å². The number of hydrogen-bond acceptors (Lipinski definition) is 4. The monoisotopic (exact) mass is 298 g/mol. The van der Waals surface area contributed by atoms with Crippen LogP contribution in [0.25, 0.3) is 0 Å². The third-order valence-electron chi connectivity index (χ3n) is 3.62. The Balaban J connectivity index is 0.00000200. The summed E-state index contributed by atoms with van der Waals surface area (Å²) in [6, 6.07) is 0. The Labute approximate surface area is 126 Å². The van der Waals surface area contributed by atoms with Gasteiger partial charge >= 0.3 is 0 Å². The Morgan fingerprint density at radius 2 is 2.25 bits per heavy atom. The summed E-state index contributed by atoms with van der Waals surface area (Å²) < 4.78 is 0. The molecule has 1 aromatic heterocycles. The highest BCUT2D eigenvalue weighted by Gasteiger charge is 2.28. The lowest BCUT2D eigenvalue weighted by molar-refractivity contribution is 0.0785. The van der Waals surface area contributed by atoms with Crippen LogP contribution in [-0.2, 0) is 0 Å². The molecule has 1 saturated heterocycles. The van der Waals surface area contributed by atoms with Crippen LogP contribution in [0.2, 0.25) is 0 Å². The van der Waals surface area contributed by atoms with Gasteiger partial charge < -0.3 is 10.6 Å². The first-order valence-electron chi connectivity index (χ1n) is 6.85. The minimum absolute atomic E-state index is 0. The molecule has 0 aliphatic carbocycles. The summed E-state index contributed by atoms with van der Waals surface area (Å²) in [7, 11) is 0.